The molecule has 3 nitrogen and oxygen atoms in total. The van der Waals surface area contributed by atoms with Gasteiger partial charge in [0.15, 0.2) is 0 Å². The fourth-order valence-corrected chi connectivity index (χ4v) is 0.974. The predicted molar refractivity (Wildman–Crippen MR) is 38.2 cm³/mol. The van der Waals surface area contributed by atoms with E-state index in [0.29, 0.717) is 12.5 Å². The first kappa shape index (κ1) is 8.90. The summed E-state index contributed by atoms with van der Waals surface area (Å²) < 4.78 is 12.2. The van der Waals surface area contributed by atoms with Gasteiger partial charge >= 0.3 is 0 Å². The van der Waals surface area contributed by atoms with Gasteiger partial charge in [0, 0.05) is 6.92 Å². The molecule has 0 amide bonds. The summed E-state index contributed by atoms with van der Waals surface area (Å²) in [7, 11) is 0. The molecule has 1 rings (SSSR count). The van der Waals surface area contributed by atoms with E-state index < -0.39 is 11.5 Å². The zero-order chi connectivity index (χ0) is 8.27. The first-order valence-corrected chi connectivity index (χ1v) is 4.01. The molecule has 0 aromatic rings. The van der Waals surface area contributed by atoms with E-state index in [2.05, 4.69) is 0 Å². The van der Waals surface area contributed by atoms with Crippen LogP contribution in [-0.4, -0.2) is 12.9 Å². The Labute approximate surface area is 65.7 Å². The van der Waals surface area contributed by atoms with E-state index in [4.69, 9.17) is 4.84 Å². The van der Waals surface area contributed by atoms with Crippen molar-refractivity contribution in [1.29, 1.82) is 0 Å². The van der Waals surface area contributed by atoms with Gasteiger partial charge in [-0.3, -0.25) is 0 Å². The lowest BCUT2D eigenvalue weighted by Gasteiger charge is -2.28. The number of quaternary nitrogens is 1. The van der Waals surface area contributed by atoms with Crippen LogP contribution in [0.15, 0.2) is 0 Å². The summed E-state index contributed by atoms with van der Waals surface area (Å²) in [6.45, 7) is 1.61. The second-order valence-electron chi connectivity index (χ2n) is 3.04. The van der Waals surface area contributed by atoms with Crippen LogP contribution >= 0.6 is 0 Å². The molecule has 0 saturated heterocycles. The van der Waals surface area contributed by atoms with Crippen LogP contribution in [-0.2, 0) is 4.84 Å². The molecule has 0 aliphatic heterocycles. The van der Waals surface area contributed by atoms with Crippen molar-refractivity contribution >= 4 is 0 Å². The summed E-state index contributed by atoms with van der Waals surface area (Å²) in [5.74, 6) is 0.498. The zero-order valence-corrected chi connectivity index (χ0v) is 6.68. The molecular formula is C7H14FNO2. The third kappa shape index (κ3) is 2.73. The Hall–Kier alpha value is -0.190. The summed E-state index contributed by atoms with van der Waals surface area (Å²) in [5, 5.41) is 9.86. The van der Waals surface area contributed by atoms with E-state index in [-0.39, 0.29) is 0 Å². The van der Waals surface area contributed by atoms with Gasteiger partial charge in [0.25, 0.3) is 6.30 Å². The molecular weight excluding hydrogens is 149 g/mol. The van der Waals surface area contributed by atoms with Crippen LogP contribution in [0.3, 0.4) is 0 Å². The highest BCUT2D eigenvalue weighted by Gasteiger charge is 2.20. The molecule has 1 aliphatic rings. The highest BCUT2D eigenvalue weighted by Crippen LogP contribution is 2.25. The predicted octanol–water partition coefficient (Wildman–Crippen LogP) is 0.416. The van der Waals surface area contributed by atoms with E-state index in [1.54, 1.807) is 0 Å². The van der Waals surface area contributed by atoms with Gasteiger partial charge in [0.05, 0.1) is 0 Å². The summed E-state index contributed by atoms with van der Waals surface area (Å²) in [5.41, 5.74) is 0. The first-order valence-electron chi connectivity index (χ1n) is 4.01. The van der Waals surface area contributed by atoms with E-state index in [0.717, 1.165) is 12.8 Å². The smallest absolute Gasteiger partial charge is 0.256 e. The van der Waals surface area contributed by atoms with Gasteiger partial charge in [-0.2, -0.15) is 9.62 Å². The maximum Gasteiger partial charge on any atom is 0.256 e. The van der Waals surface area contributed by atoms with Crippen molar-refractivity contribution < 1.29 is 14.5 Å². The molecule has 0 bridgehead atoms. The molecule has 0 heterocycles. The lowest BCUT2D eigenvalue weighted by molar-refractivity contribution is -1.08. The minimum Gasteiger partial charge on any atom is -0.598 e. The molecule has 1 fully saturated rings. The van der Waals surface area contributed by atoms with E-state index >= 15 is 0 Å². The van der Waals surface area contributed by atoms with E-state index in [1.807, 2.05) is 0 Å². The van der Waals surface area contributed by atoms with Crippen LogP contribution in [0.4, 0.5) is 4.39 Å². The molecule has 2 unspecified atom stereocenters. The van der Waals surface area contributed by atoms with Gasteiger partial charge in [-0.25, -0.2) is 4.84 Å². The highest BCUT2D eigenvalue weighted by molar-refractivity contribution is 4.67. The average molecular weight is 163 g/mol. The monoisotopic (exact) mass is 163 g/mol. The summed E-state index contributed by atoms with van der Waals surface area (Å²) in [6.07, 6.45) is 1.98. The summed E-state index contributed by atoms with van der Waals surface area (Å²) in [4.78, 5) is 4.69. The van der Waals surface area contributed by atoms with Crippen molar-refractivity contribution in [3.8, 4) is 0 Å². The van der Waals surface area contributed by atoms with Gasteiger partial charge in [-0.05, 0) is 18.8 Å². The van der Waals surface area contributed by atoms with Crippen molar-refractivity contribution in [2.24, 2.45) is 5.92 Å². The van der Waals surface area contributed by atoms with Crippen LogP contribution < -0.4 is 5.23 Å². The van der Waals surface area contributed by atoms with Gasteiger partial charge in [-0.15, -0.1) is 0 Å². The van der Waals surface area contributed by atoms with Crippen LogP contribution in [0.1, 0.15) is 26.2 Å². The second kappa shape index (κ2) is 3.99. The number of hydroxylamine groups is 2. The standard InChI is InChI=1S/C7H14FNO2/c1-6(8)9(10)11-5-7-3-2-4-7/h6-7,9H,2-5H2,1H3. The second-order valence-corrected chi connectivity index (χ2v) is 3.04. The van der Waals surface area contributed by atoms with Crippen molar-refractivity contribution in [3.63, 3.8) is 0 Å². The third-order valence-corrected chi connectivity index (χ3v) is 2.01. The molecule has 0 spiro atoms. The Morgan fingerprint density at radius 3 is 2.73 bits per heavy atom. The normalized spacial score (nSPS) is 24.3. The van der Waals surface area contributed by atoms with Crippen molar-refractivity contribution in [1.82, 2.24) is 0 Å². The molecule has 2 atom stereocenters. The van der Waals surface area contributed by atoms with Crippen molar-refractivity contribution in [3.05, 3.63) is 5.21 Å². The van der Waals surface area contributed by atoms with E-state index in [1.165, 1.54) is 13.3 Å². The third-order valence-electron chi connectivity index (χ3n) is 2.01. The number of hydrogen-bond donors (Lipinski definition) is 1. The lowest BCUT2D eigenvalue weighted by Crippen LogP contribution is -3.09. The van der Waals surface area contributed by atoms with Gasteiger partial charge < -0.3 is 5.21 Å². The Balaban J connectivity index is 2.01. The number of rotatable bonds is 4. The minimum absolute atomic E-state index is 0.410. The Morgan fingerprint density at radius 2 is 2.36 bits per heavy atom. The number of nitrogens with one attached hydrogen (secondary N) is 1. The zero-order valence-electron chi connectivity index (χ0n) is 6.68. The maximum absolute atomic E-state index is 12.2. The lowest BCUT2D eigenvalue weighted by atomic mass is 9.86. The van der Waals surface area contributed by atoms with Gasteiger partial charge in [0.1, 0.15) is 6.61 Å². The largest absolute Gasteiger partial charge is 0.598 e. The van der Waals surface area contributed by atoms with Crippen LogP contribution in [0, 0.1) is 11.1 Å². The van der Waals surface area contributed by atoms with E-state index in [9.17, 15) is 9.60 Å². The molecule has 0 aromatic carbocycles. The minimum atomic E-state index is -1.48. The topological polar surface area (TPSA) is 36.7 Å². The van der Waals surface area contributed by atoms with Crippen LogP contribution in [0.5, 0.6) is 0 Å². The maximum atomic E-state index is 12.2. The number of alkyl halides is 1. The summed E-state index contributed by atoms with van der Waals surface area (Å²) in [6, 6.07) is 0. The quantitative estimate of drug-likeness (QED) is 0.481. The average Bonchev–Trinajstić information content (AvgIpc) is 1.83. The van der Waals surface area contributed by atoms with Gasteiger partial charge in [-0.1, -0.05) is 6.42 Å². The van der Waals surface area contributed by atoms with Crippen LogP contribution in [0.2, 0.25) is 0 Å². The Bertz CT molecular complexity index is 117. The number of hydrogen-bond acceptors (Lipinski definition) is 2. The molecule has 1 N–H and O–H groups in total. The van der Waals surface area contributed by atoms with Crippen molar-refractivity contribution in [2.75, 3.05) is 6.61 Å². The molecule has 0 aromatic heterocycles. The van der Waals surface area contributed by atoms with Crippen LogP contribution in [0.25, 0.3) is 0 Å². The molecule has 11 heavy (non-hydrogen) atoms. The fraction of sp³-hybridized carbons (Fsp3) is 1.00. The summed E-state index contributed by atoms with van der Waals surface area (Å²) >= 11 is 0. The number of halogens is 1. The first-order chi connectivity index (χ1) is 5.20. The molecule has 1 saturated carbocycles. The molecule has 66 valence electrons. The Kier molecular flexibility index (Phi) is 3.23. The molecule has 4 heteroatoms. The SMILES string of the molecule is CC(F)[NH+]([O-])OCC1CCC1. The highest BCUT2D eigenvalue weighted by atomic mass is 19.1. The van der Waals surface area contributed by atoms with Gasteiger partial charge in [0.2, 0.25) is 0 Å². The molecule has 0 radical (unpaired) electrons. The molecule has 1 aliphatic carbocycles. The fourth-order valence-electron chi connectivity index (χ4n) is 0.974. The Morgan fingerprint density at radius 1 is 1.73 bits per heavy atom. The van der Waals surface area contributed by atoms with Crippen molar-refractivity contribution in [2.45, 2.75) is 32.5 Å².